The number of phenols is 1. The maximum atomic E-state index is 11.9. The number of amides is 1. The van der Waals surface area contributed by atoms with Gasteiger partial charge in [-0.1, -0.05) is 0 Å². The van der Waals surface area contributed by atoms with E-state index >= 15 is 0 Å². The first-order valence-corrected chi connectivity index (χ1v) is 5.54. The molecular weight excluding hydrogens is 246 g/mol. The molecule has 98 valence electrons. The number of hydrogen-bond donors (Lipinski definition) is 3. The predicted molar refractivity (Wildman–Crippen MR) is 72.2 cm³/mol. The molecule has 19 heavy (non-hydrogen) atoms. The minimum Gasteiger partial charge on any atom is -0.506 e. The van der Waals surface area contributed by atoms with Crippen LogP contribution in [0.2, 0.25) is 0 Å². The molecule has 0 bridgehead atoms. The van der Waals surface area contributed by atoms with Gasteiger partial charge in [-0.3, -0.25) is 9.59 Å². The van der Waals surface area contributed by atoms with Crippen molar-refractivity contribution in [1.82, 2.24) is 4.57 Å². The lowest BCUT2D eigenvalue weighted by atomic mass is 10.2. The average molecular weight is 259 g/mol. The fourth-order valence-electron chi connectivity index (χ4n) is 1.56. The van der Waals surface area contributed by atoms with Crippen LogP contribution in [0.3, 0.4) is 0 Å². The third kappa shape index (κ3) is 2.74. The maximum absolute atomic E-state index is 11.9. The summed E-state index contributed by atoms with van der Waals surface area (Å²) in [5.41, 5.74) is 6.27. The third-order valence-corrected chi connectivity index (χ3v) is 2.64. The minimum atomic E-state index is -0.394. The van der Waals surface area contributed by atoms with Crippen LogP contribution < -0.4 is 16.6 Å². The van der Waals surface area contributed by atoms with E-state index in [4.69, 9.17) is 5.73 Å². The van der Waals surface area contributed by atoms with Crippen LogP contribution in [0, 0.1) is 0 Å². The van der Waals surface area contributed by atoms with E-state index in [2.05, 4.69) is 5.32 Å². The Balaban J connectivity index is 2.22. The van der Waals surface area contributed by atoms with Crippen molar-refractivity contribution in [2.45, 2.75) is 0 Å². The molecule has 0 fully saturated rings. The Morgan fingerprint density at radius 2 is 2.05 bits per heavy atom. The Hall–Kier alpha value is -2.76. The largest absolute Gasteiger partial charge is 0.506 e. The smallest absolute Gasteiger partial charge is 0.255 e. The number of carbonyl (C=O) groups excluding carboxylic acids is 1. The van der Waals surface area contributed by atoms with Gasteiger partial charge in [-0.15, -0.1) is 0 Å². The van der Waals surface area contributed by atoms with E-state index in [-0.39, 0.29) is 22.6 Å². The number of nitrogens with one attached hydrogen (secondary N) is 1. The first-order chi connectivity index (χ1) is 8.97. The maximum Gasteiger partial charge on any atom is 0.255 e. The van der Waals surface area contributed by atoms with E-state index in [1.54, 1.807) is 7.05 Å². The van der Waals surface area contributed by atoms with Crippen molar-refractivity contribution in [2.75, 3.05) is 11.1 Å². The molecular formula is C13H13N3O3. The first kappa shape index (κ1) is 12.7. The summed E-state index contributed by atoms with van der Waals surface area (Å²) in [7, 11) is 1.59. The number of carbonyl (C=O) groups is 1. The molecule has 2 rings (SSSR count). The predicted octanol–water partition coefficient (Wildman–Crippen LogP) is 0.925. The number of aromatic hydroxyl groups is 1. The lowest BCUT2D eigenvalue weighted by Crippen LogP contribution is -2.18. The van der Waals surface area contributed by atoms with Crippen LogP contribution in [0.25, 0.3) is 0 Å². The lowest BCUT2D eigenvalue weighted by molar-refractivity contribution is 0.102. The number of anilines is 2. The summed E-state index contributed by atoms with van der Waals surface area (Å²) >= 11 is 0. The van der Waals surface area contributed by atoms with E-state index in [0.29, 0.717) is 5.69 Å². The molecule has 0 saturated carbocycles. The Morgan fingerprint density at radius 1 is 1.32 bits per heavy atom. The molecule has 0 atom stereocenters. The van der Waals surface area contributed by atoms with Crippen molar-refractivity contribution in [3.63, 3.8) is 0 Å². The summed E-state index contributed by atoms with van der Waals surface area (Å²) in [6, 6.07) is 7.11. The van der Waals surface area contributed by atoms with Gasteiger partial charge in [-0.05, 0) is 24.3 Å². The number of benzene rings is 1. The number of phenolic OH excluding ortho intramolecular Hbond substituents is 1. The molecule has 1 heterocycles. The Bertz CT molecular complexity index is 692. The summed E-state index contributed by atoms with van der Waals surface area (Å²) in [6.07, 6.45) is 1.51. The van der Waals surface area contributed by atoms with Gasteiger partial charge in [0.2, 0.25) is 5.56 Å². The summed E-state index contributed by atoms with van der Waals surface area (Å²) in [5, 5.41) is 12.1. The van der Waals surface area contributed by atoms with Crippen molar-refractivity contribution < 1.29 is 9.90 Å². The molecule has 1 aromatic heterocycles. The van der Waals surface area contributed by atoms with Crippen molar-refractivity contribution in [3.8, 4) is 5.75 Å². The molecule has 0 aliphatic rings. The minimum absolute atomic E-state index is 0.145. The Morgan fingerprint density at radius 3 is 2.68 bits per heavy atom. The van der Waals surface area contributed by atoms with Gasteiger partial charge in [-0.25, -0.2) is 0 Å². The number of nitrogens with zero attached hydrogens (tertiary/aromatic N) is 1. The number of aryl methyl sites for hydroxylation is 1. The lowest BCUT2D eigenvalue weighted by Gasteiger charge is -2.07. The number of rotatable bonds is 2. The van der Waals surface area contributed by atoms with Gasteiger partial charge in [0.15, 0.2) is 0 Å². The van der Waals surface area contributed by atoms with E-state index in [1.165, 1.54) is 41.1 Å². The second kappa shape index (κ2) is 4.85. The number of nitrogens with two attached hydrogens (primary N) is 1. The zero-order valence-electron chi connectivity index (χ0n) is 10.3. The van der Waals surface area contributed by atoms with Crippen LogP contribution in [-0.2, 0) is 7.05 Å². The standard InChI is InChI=1S/C13H13N3O3/c1-16-7-9(3-5-12(16)18)15-13(19)8-2-4-10(14)11(17)6-8/h2-7,17H,14H2,1H3,(H,15,19). The quantitative estimate of drug-likeness (QED) is 0.552. The van der Waals surface area contributed by atoms with Gasteiger partial charge in [-0.2, -0.15) is 0 Å². The van der Waals surface area contributed by atoms with Crippen LogP contribution >= 0.6 is 0 Å². The molecule has 0 aliphatic carbocycles. The summed E-state index contributed by atoms with van der Waals surface area (Å²) in [6.45, 7) is 0. The highest BCUT2D eigenvalue weighted by molar-refractivity contribution is 6.04. The van der Waals surface area contributed by atoms with Crippen LogP contribution in [0.4, 0.5) is 11.4 Å². The Labute approximate surface area is 109 Å². The number of nitrogen functional groups attached to an aromatic ring is 1. The monoisotopic (exact) mass is 259 g/mol. The van der Waals surface area contributed by atoms with E-state index in [1.807, 2.05) is 0 Å². The van der Waals surface area contributed by atoms with Gasteiger partial charge in [0.05, 0.1) is 11.4 Å². The van der Waals surface area contributed by atoms with Crippen LogP contribution in [0.5, 0.6) is 5.75 Å². The fraction of sp³-hybridized carbons (Fsp3) is 0.0769. The molecule has 1 amide bonds. The van der Waals surface area contributed by atoms with Crippen molar-refractivity contribution in [3.05, 3.63) is 52.4 Å². The summed E-state index contributed by atoms with van der Waals surface area (Å²) < 4.78 is 1.36. The molecule has 2 aromatic rings. The highest BCUT2D eigenvalue weighted by atomic mass is 16.3. The highest BCUT2D eigenvalue weighted by Crippen LogP contribution is 2.21. The van der Waals surface area contributed by atoms with Crippen molar-refractivity contribution in [2.24, 2.45) is 7.05 Å². The highest BCUT2D eigenvalue weighted by Gasteiger charge is 2.08. The van der Waals surface area contributed by atoms with Gasteiger partial charge in [0.25, 0.3) is 5.91 Å². The van der Waals surface area contributed by atoms with Crippen molar-refractivity contribution >= 4 is 17.3 Å². The van der Waals surface area contributed by atoms with Gasteiger partial charge < -0.3 is 20.7 Å². The number of pyridine rings is 1. The average Bonchev–Trinajstić information content (AvgIpc) is 2.37. The number of aromatic nitrogens is 1. The van der Waals surface area contributed by atoms with Gasteiger partial charge >= 0.3 is 0 Å². The first-order valence-electron chi connectivity index (χ1n) is 5.54. The summed E-state index contributed by atoms with van der Waals surface area (Å²) in [4.78, 5) is 23.1. The molecule has 6 heteroatoms. The second-order valence-electron chi connectivity index (χ2n) is 4.09. The van der Waals surface area contributed by atoms with Crippen molar-refractivity contribution in [1.29, 1.82) is 0 Å². The SMILES string of the molecule is Cn1cc(NC(=O)c2ccc(N)c(O)c2)ccc1=O. The van der Waals surface area contributed by atoms with E-state index in [9.17, 15) is 14.7 Å². The zero-order valence-corrected chi connectivity index (χ0v) is 10.3. The van der Waals surface area contributed by atoms with E-state index in [0.717, 1.165) is 0 Å². The van der Waals surface area contributed by atoms with Crippen LogP contribution in [-0.4, -0.2) is 15.6 Å². The van der Waals surface area contributed by atoms with E-state index < -0.39 is 5.91 Å². The molecule has 4 N–H and O–H groups in total. The van der Waals surface area contributed by atoms with Gasteiger partial charge in [0, 0.05) is 24.9 Å². The number of hydrogen-bond acceptors (Lipinski definition) is 4. The molecule has 1 aromatic carbocycles. The second-order valence-corrected chi connectivity index (χ2v) is 4.09. The molecule has 6 nitrogen and oxygen atoms in total. The summed E-state index contributed by atoms with van der Waals surface area (Å²) in [5.74, 6) is -0.540. The molecule has 0 unspecified atom stereocenters. The topological polar surface area (TPSA) is 97.3 Å². The van der Waals surface area contributed by atoms with Crippen LogP contribution in [0.1, 0.15) is 10.4 Å². The van der Waals surface area contributed by atoms with Crippen LogP contribution in [0.15, 0.2) is 41.3 Å². The molecule has 0 radical (unpaired) electrons. The van der Waals surface area contributed by atoms with Gasteiger partial charge in [0.1, 0.15) is 5.75 Å². The zero-order chi connectivity index (χ0) is 14.0. The normalized spacial score (nSPS) is 10.2. The molecule has 0 spiro atoms. The molecule has 0 aliphatic heterocycles. The molecule has 0 saturated heterocycles. The Kier molecular flexibility index (Phi) is 3.24. The third-order valence-electron chi connectivity index (χ3n) is 2.64. The fourth-order valence-corrected chi connectivity index (χ4v) is 1.56.